The van der Waals surface area contributed by atoms with Gasteiger partial charge in [0.1, 0.15) is 17.1 Å². The molecule has 1 fully saturated rings. The fourth-order valence-corrected chi connectivity index (χ4v) is 4.91. The van der Waals surface area contributed by atoms with Crippen LogP contribution in [0.4, 0.5) is 13.2 Å². The number of likely N-dealkylation sites (tertiary alicyclic amines) is 1. The number of piperidine rings is 1. The van der Waals surface area contributed by atoms with E-state index in [0.29, 0.717) is 23.7 Å². The Morgan fingerprint density at radius 3 is 2.37 bits per heavy atom. The third-order valence-electron chi connectivity index (χ3n) is 7.01. The van der Waals surface area contributed by atoms with Crippen molar-refractivity contribution >= 4 is 28.5 Å². The van der Waals surface area contributed by atoms with Crippen LogP contribution in [0.5, 0.6) is 17.2 Å². The average molecular weight is 586 g/mol. The molecule has 0 unspecified atom stereocenters. The maximum Gasteiger partial charge on any atom is 0.453 e. The minimum atomic E-state index is -5.05. The van der Waals surface area contributed by atoms with Crippen LogP contribution in [-0.2, 0) is 12.7 Å². The normalized spacial score (nSPS) is 14.3. The van der Waals surface area contributed by atoms with E-state index in [2.05, 4.69) is 0 Å². The molecule has 0 bridgehead atoms. The number of fused-ring (bicyclic) bond motifs is 1. The van der Waals surface area contributed by atoms with E-state index in [4.69, 9.17) is 25.5 Å². The number of halogens is 4. The van der Waals surface area contributed by atoms with E-state index in [1.807, 2.05) is 11.8 Å². The maximum absolute atomic E-state index is 14.3. The predicted molar refractivity (Wildman–Crippen MR) is 149 cm³/mol. The fourth-order valence-electron chi connectivity index (χ4n) is 4.79. The zero-order valence-corrected chi connectivity index (χ0v) is 23.2. The van der Waals surface area contributed by atoms with E-state index in [1.165, 1.54) is 30.3 Å². The molecule has 0 saturated carbocycles. The minimum absolute atomic E-state index is 0.00115. The van der Waals surface area contributed by atoms with Gasteiger partial charge in [-0.2, -0.15) is 13.2 Å². The summed E-state index contributed by atoms with van der Waals surface area (Å²) in [7, 11) is 0. The smallest absolute Gasteiger partial charge is 0.449 e. The summed E-state index contributed by atoms with van der Waals surface area (Å²) < 4.78 is 59.6. The van der Waals surface area contributed by atoms with Crippen molar-refractivity contribution in [1.29, 1.82) is 0 Å². The Morgan fingerprint density at radius 2 is 1.71 bits per heavy atom. The van der Waals surface area contributed by atoms with Crippen molar-refractivity contribution in [3.05, 3.63) is 97.9 Å². The number of hydrogen-bond acceptors (Lipinski definition) is 6. The van der Waals surface area contributed by atoms with E-state index >= 15 is 0 Å². The van der Waals surface area contributed by atoms with Crippen molar-refractivity contribution in [1.82, 2.24) is 4.90 Å². The van der Waals surface area contributed by atoms with E-state index in [-0.39, 0.29) is 40.1 Å². The van der Waals surface area contributed by atoms with Crippen LogP contribution in [-0.4, -0.2) is 24.0 Å². The highest BCUT2D eigenvalue weighted by molar-refractivity contribution is 6.31. The predicted octanol–water partition coefficient (Wildman–Crippen LogP) is 8.08. The number of benzene rings is 3. The molecule has 10 heteroatoms. The Bertz CT molecular complexity index is 1660. The molecule has 0 radical (unpaired) electrons. The average Bonchev–Trinajstić information content (AvgIpc) is 2.93. The molecular formula is C31H27ClF3NO5. The fraction of sp³-hybridized carbons (Fsp3) is 0.290. The van der Waals surface area contributed by atoms with Gasteiger partial charge in [-0.15, -0.1) is 0 Å². The molecule has 3 aromatic carbocycles. The molecule has 1 aliphatic heterocycles. The molecule has 0 N–H and O–H groups in total. The molecule has 1 aromatic heterocycles. The van der Waals surface area contributed by atoms with Gasteiger partial charge in [-0.3, -0.25) is 9.69 Å². The van der Waals surface area contributed by atoms with E-state index < -0.39 is 29.1 Å². The van der Waals surface area contributed by atoms with Crippen LogP contribution in [0.3, 0.4) is 0 Å². The van der Waals surface area contributed by atoms with Crippen LogP contribution in [0.1, 0.15) is 52.1 Å². The summed E-state index contributed by atoms with van der Waals surface area (Å²) >= 11 is 6.04. The number of nitrogens with zero attached hydrogens (tertiary/aromatic N) is 1. The second-order valence-electron chi connectivity index (χ2n) is 10.1. The van der Waals surface area contributed by atoms with Gasteiger partial charge in [-0.05, 0) is 87.8 Å². The number of esters is 1. The minimum Gasteiger partial charge on any atom is -0.449 e. The zero-order chi connectivity index (χ0) is 29.3. The molecule has 4 aromatic rings. The van der Waals surface area contributed by atoms with Crippen molar-refractivity contribution in [2.24, 2.45) is 0 Å². The summed E-state index contributed by atoms with van der Waals surface area (Å²) in [6, 6.07) is 13.7. The van der Waals surface area contributed by atoms with Gasteiger partial charge in [0.15, 0.2) is 0 Å². The summed E-state index contributed by atoms with van der Waals surface area (Å²) in [5.41, 5.74) is 0.669. The highest BCUT2D eigenvalue weighted by Crippen LogP contribution is 2.41. The number of carbonyl (C=O) groups is 1. The molecule has 214 valence electrons. The monoisotopic (exact) mass is 585 g/mol. The van der Waals surface area contributed by atoms with Crippen LogP contribution in [0.25, 0.3) is 11.0 Å². The Kier molecular flexibility index (Phi) is 8.11. The molecule has 5 rings (SSSR count). The SMILES string of the molecule is Cc1ccc(C(=O)Oc2ccc3c(=O)c(Oc4ccc(Cl)c(C)c4)c(C(F)(F)F)oc3c2CN2CCCCC2)cc1. The molecule has 41 heavy (non-hydrogen) atoms. The third-order valence-corrected chi connectivity index (χ3v) is 7.43. The lowest BCUT2D eigenvalue weighted by Gasteiger charge is -2.27. The summed E-state index contributed by atoms with van der Waals surface area (Å²) in [5.74, 6) is -3.22. The second-order valence-corrected chi connectivity index (χ2v) is 10.5. The number of carbonyl (C=O) groups excluding carboxylic acids is 1. The number of hydrogen-bond donors (Lipinski definition) is 0. The highest BCUT2D eigenvalue weighted by atomic mass is 35.5. The van der Waals surface area contributed by atoms with Crippen LogP contribution in [0.2, 0.25) is 5.02 Å². The number of ether oxygens (including phenoxy) is 2. The summed E-state index contributed by atoms with van der Waals surface area (Å²) in [5, 5.41) is 0.273. The van der Waals surface area contributed by atoms with Gasteiger partial charge in [-0.25, -0.2) is 4.79 Å². The Balaban J connectivity index is 1.65. The van der Waals surface area contributed by atoms with Crippen LogP contribution in [0.15, 0.2) is 63.8 Å². The van der Waals surface area contributed by atoms with Crippen molar-refractivity contribution < 1.29 is 31.9 Å². The summed E-state index contributed by atoms with van der Waals surface area (Å²) in [6.07, 6.45) is -2.18. The van der Waals surface area contributed by atoms with E-state index in [9.17, 15) is 22.8 Å². The Morgan fingerprint density at radius 1 is 1.00 bits per heavy atom. The molecule has 0 amide bonds. The van der Waals surface area contributed by atoms with Crippen LogP contribution < -0.4 is 14.9 Å². The lowest BCUT2D eigenvalue weighted by Crippen LogP contribution is -2.29. The molecule has 6 nitrogen and oxygen atoms in total. The topological polar surface area (TPSA) is 69.0 Å². The van der Waals surface area contributed by atoms with Crippen LogP contribution in [0, 0.1) is 13.8 Å². The standard InChI is InChI=1S/C31H27ClF3NO5/c1-18-6-8-20(9-7-18)30(38)40-25-13-11-22-26(37)28(39-21-10-12-24(32)19(2)16-21)29(31(33,34)35)41-27(22)23(25)17-36-14-4-3-5-15-36/h6-13,16H,3-5,14-15,17H2,1-2H3. The highest BCUT2D eigenvalue weighted by Gasteiger charge is 2.41. The van der Waals surface area contributed by atoms with E-state index in [0.717, 1.165) is 24.8 Å². The zero-order valence-electron chi connectivity index (χ0n) is 22.4. The molecule has 0 atom stereocenters. The molecule has 0 aliphatic carbocycles. The molecule has 2 heterocycles. The van der Waals surface area contributed by atoms with Gasteiger partial charge in [-0.1, -0.05) is 35.7 Å². The molecule has 1 saturated heterocycles. The van der Waals surface area contributed by atoms with Crippen molar-refractivity contribution in [2.45, 2.75) is 45.8 Å². The van der Waals surface area contributed by atoms with Gasteiger partial charge >= 0.3 is 12.1 Å². The van der Waals surface area contributed by atoms with Gasteiger partial charge < -0.3 is 13.9 Å². The van der Waals surface area contributed by atoms with E-state index in [1.54, 1.807) is 31.2 Å². The number of rotatable bonds is 6. The Hall–Kier alpha value is -3.82. The number of alkyl halides is 3. The second kappa shape index (κ2) is 11.6. The van der Waals surface area contributed by atoms with Crippen molar-refractivity contribution in [2.75, 3.05) is 13.1 Å². The first-order valence-corrected chi connectivity index (χ1v) is 13.5. The third kappa shape index (κ3) is 6.26. The molecular weight excluding hydrogens is 559 g/mol. The lowest BCUT2D eigenvalue weighted by molar-refractivity contribution is -0.154. The van der Waals surface area contributed by atoms with Gasteiger partial charge in [0.25, 0.3) is 5.76 Å². The number of aryl methyl sites for hydroxylation is 2. The first-order chi connectivity index (χ1) is 19.5. The molecule has 0 spiro atoms. The first kappa shape index (κ1) is 28.7. The van der Waals surface area contributed by atoms with Crippen molar-refractivity contribution in [3.63, 3.8) is 0 Å². The molecule has 1 aliphatic rings. The first-order valence-electron chi connectivity index (χ1n) is 13.2. The van der Waals surface area contributed by atoms with Gasteiger partial charge in [0.2, 0.25) is 11.2 Å². The Labute approximate surface area is 239 Å². The van der Waals surface area contributed by atoms with Gasteiger partial charge in [0.05, 0.1) is 16.5 Å². The summed E-state index contributed by atoms with van der Waals surface area (Å²) in [6.45, 7) is 5.08. The quantitative estimate of drug-likeness (QED) is 0.168. The van der Waals surface area contributed by atoms with Crippen LogP contribution >= 0.6 is 11.6 Å². The lowest BCUT2D eigenvalue weighted by atomic mass is 10.1. The van der Waals surface area contributed by atoms with Crippen molar-refractivity contribution in [3.8, 4) is 17.2 Å². The summed E-state index contributed by atoms with van der Waals surface area (Å²) in [4.78, 5) is 28.6. The van der Waals surface area contributed by atoms with Gasteiger partial charge in [0, 0.05) is 11.6 Å². The largest absolute Gasteiger partial charge is 0.453 e. The maximum atomic E-state index is 14.3.